The summed E-state index contributed by atoms with van der Waals surface area (Å²) in [4.78, 5) is 22.0. The zero-order valence-corrected chi connectivity index (χ0v) is 10.9. The molecule has 1 aliphatic heterocycles. The zero-order valence-electron chi connectivity index (χ0n) is 10.1. The Balaban J connectivity index is 2.30. The van der Waals surface area contributed by atoms with E-state index in [0.717, 1.165) is 0 Å². The van der Waals surface area contributed by atoms with Crippen molar-refractivity contribution in [2.75, 3.05) is 18.0 Å². The lowest BCUT2D eigenvalue weighted by molar-refractivity contribution is -0.125. The quantitative estimate of drug-likeness (QED) is 0.735. The lowest BCUT2D eigenvalue weighted by atomic mass is 9.89. The molecular formula is C11H15N5OS. The maximum absolute atomic E-state index is 11.4. The summed E-state index contributed by atoms with van der Waals surface area (Å²) in [5, 5.41) is 0. The second-order valence-corrected chi connectivity index (χ2v) is 5.13. The van der Waals surface area contributed by atoms with Crippen molar-refractivity contribution >= 4 is 28.9 Å². The van der Waals surface area contributed by atoms with E-state index in [1.807, 2.05) is 11.8 Å². The average molecular weight is 265 g/mol. The van der Waals surface area contributed by atoms with Gasteiger partial charge in [0, 0.05) is 25.5 Å². The highest BCUT2D eigenvalue weighted by molar-refractivity contribution is 7.80. The van der Waals surface area contributed by atoms with Gasteiger partial charge in [0.1, 0.15) is 10.7 Å². The summed E-state index contributed by atoms with van der Waals surface area (Å²) in [6.45, 7) is 3.05. The highest BCUT2D eigenvalue weighted by atomic mass is 32.1. The highest BCUT2D eigenvalue weighted by Gasteiger charge is 2.40. The van der Waals surface area contributed by atoms with Gasteiger partial charge in [-0.2, -0.15) is 0 Å². The van der Waals surface area contributed by atoms with Crippen LogP contribution in [0.25, 0.3) is 0 Å². The molecule has 96 valence electrons. The molecule has 2 rings (SSSR count). The second-order valence-electron chi connectivity index (χ2n) is 4.69. The van der Waals surface area contributed by atoms with Crippen LogP contribution in [0.2, 0.25) is 0 Å². The van der Waals surface area contributed by atoms with Gasteiger partial charge in [-0.3, -0.25) is 4.79 Å². The third kappa shape index (κ3) is 2.13. The Bertz CT molecular complexity index is 506. The zero-order chi connectivity index (χ0) is 13.3. The first-order valence-electron chi connectivity index (χ1n) is 5.60. The molecule has 18 heavy (non-hydrogen) atoms. The number of aromatic nitrogens is 2. The van der Waals surface area contributed by atoms with Gasteiger partial charge >= 0.3 is 0 Å². The lowest BCUT2D eigenvalue weighted by Crippen LogP contribution is -2.37. The number of hydrogen-bond acceptors (Lipinski definition) is 5. The van der Waals surface area contributed by atoms with Gasteiger partial charge in [0.2, 0.25) is 5.91 Å². The van der Waals surface area contributed by atoms with E-state index < -0.39 is 5.41 Å². The van der Waals surface area contributed by atoms with Crippen molar-refractivity contribution in [1.29, 1.82) is 0 Å². The van der Waals surface area contributed by atoms with Crippen LogP contribution >= 0.6 is 12.2 Å². The number of carbonyl (C=O) groups excluding carboxylic acids is 1. The molecule has 1 aromatic rings. The van der Waals surface area contributed by atoms with E-state index in [-0.39, 0.29) is 10.9 Å². The molecule has 1 atom stereocenters. The van der Waals surface area contributed by atoms with Crippen molar-refractivity contribution in [3.8, 4) is 0 Å². The van der Waals surface area contributed by atoms with Gasteiger partial charge in [0.25, 0.3) is 0 Å². The van der Waals surface area contributed by atoms with Crippen molar-refractivity contribution in [3.63, 3.8) is 0 Å². The molecule has 0 spiro atoms. The third-order valence-electron chi connectivity index (χ3n) is 3.28. The monoisotopic (exact) mass is 265 g/mol. The van der Waals surface area contributed by atoms with Crippen LogP contribution < -0.4 is 16.4 Å². The highest BCUT2D eigenvalue weighted by Crippen LogP contribution is 2.32. The number of amides is 1. The SMILES string of the molecule is CC1(C(N)=O)CCN(c2nccnc2C(N)=S)C1. The van der Waals surface area contributed by atoms with Crippen LogP contribution in [0.4, 0.5) is 5.82 Å². The van der Waals surface area contributed by atoms with E-state index in [2.05, 4.69) is 9.97 Å². The number of anilines is 1. The molecule has 0 aromatic carbocycles. The first kappa shape index (κ1) is 12.7. The second kappa shape index (κ2) is 4.49. The third-order valence-corrected chi connectivity index (χ3v) is 3.47. The molecule has 0 saturated carbocycles. The molecule has 1 amide bonds. The Hall–Kier alpha value is -1.76. The summed E-state index contributed by atoms with van der Waals surface area (Å²) in [7, 11) is 0. The Morgan fingerprint density at radius 1 is 1.44 bits per heavy atom. The van der Waals surface area contributed by atoms with E-state index in [4.69, 9.17) is 23.7 Å². The van der Waals surface area contributed by atoms with Crippen molar-refractivity contribution in [3.05, 3.63) is 18.1 Å². The molecule has 1 unspecified atom stereocenters. The number of primary amides is 1. The van der Waals surface area contributed by atoms with Crippen LogP contribution in [0.3, 0.4) is 0 Å². The number of rotatable bonds is 3. The normalized spacial score (nSPS) is 23.1. The molecular weight excluding hydrogens is 250 g/mol. The van der Waals surface area contributed by atoms with Gasteiger partial charge in [-0.25, -0.2) is 9.97 Å². The van der Waals surface area contributed by atoms with Gasteiger partial charge in [-0.15, -0.1) is 0 Å². The van der Waals surface area contributed by atoms with Crippen molar-refractivity contribution in [2.45, 2.75) is 13.3 Å². The first-order chi connectivity index (χ1) is 8.44. The summed E-state index contributed by atoms with van der Waals surface area (Å²) in [5.41, 5.74) is 11.0. The largest absolute Gasteiger partial charge is 0.388 e. The molecule has 1 aliphatic rings. The molecule has 0 bridgehead atoms. The fourth-order valence-electron chi connectivity index (χ4n) is 2.08. The molecule has 7 heteroatoms. The number of nitrogens with zero attached hydrogens (tertiary/aromatic N) is 3. The van der Waals surface area contributed by atoms with E-state index in [0.29, 0.717) is 31.0 Å². The fraction of sp³-hybridized carbons (Fsp3) is 0.455. The molecule has 1 fully saturated rings. The first-order valence-corrected chi connectivity index (χ1v) is 6.00. The standard InChI is InChI=1S/C11H15N5OS/c1-11(10(13)17)2-5-16(6-11)9-7(8(12)18)14-3-4-15-9/h3-4H,2,5-6H2,1H3,(H2,12,18)(H2,13,17). The molecule has 1 aromatic heterocycles. The van der Waals surface area contributed by atoms with Crippen molar-refractivity contribution in [1.82, 2.24) is 9.97 Å². The maximum atomic E-state index is 11.4. The predicted octanol–water partition coefficient (Wildman–Crippen LogP) is -0.187. The minimum Gasteiger partial charge on any atom is -0.388 e. The van der Waals surface area contributed by atoms with E-state index in [1.54, 1.807) is 12.4 Å². The maximum Gasteiger partial charge on any atom is 0.225 e. The van der Waals surface area contributed by atoms with E-state index >= 15 is 0 Å². The fourth-order valence-corrected chi connectivity index (χ4v) is 2.22. The molecule has 1 saturated heterocycles. The van der Waals surface area contributed by atoms with Gasteiger partial charge in [-0.1, -0.05) is 12.2 Å². The molecule has 2 heterocycles. The Kier molecular flexibility index (Phi) is 3.16. The van der Waals surface area contributed by atoms with Crippen LogP contribution in [0.15, 0.2) is 12.4 Å². The topological polar surface area (TPSA) is 98.1 Å². The Morgan fingerprint density at radius 3 is 2.67 bits per heavy atom. The van der Waals surface area contributed by atoms with E-state index in [1.165, 1.54) is 0 Å². The summed E-state index contributed by atoms with van der Waals surface area (Å²) < 4.78 is 0. The summed E-state index contributed by atoms with van der Waals surface area (Å²) >= 11 is 4.95. The van der Waals surface area contributed by atoms with Crippen LogP contribution in [-0.2, 0) is 4.79 Å². The van der Waals surface area contributed by atoms with Gasteiger partial charge in [0.15, 0.2) is 5.82 Å². The van der Waals surface area contributed by atoms with Crippen molar-refractivity contribution in [2.24, 2.45) is 16.9 Å². The molecule has 0 radical (unpaired) electrons. The Labute approximate surface area is 110 Å². The van der Waals surface area contributed by atoms with Crippen molar-refractivity contribution < 1.29 is 4.79 Å². The average Bonchev–Trinajstić information content (AvgIpc) is 2.73. The van der Waals surface area contributed by atoms with Crippen LogP contribution in [-0.4, -0.2) is 34.0 Å². The van der Waals surface area contributed by atoms with E-state index in [9.17, 15) is 4.79 Å². The lowest BCUT2D eigenvalue weighted by Gasteiger charge is -2.22. The smallest absolute Gasteiger partial charge is 0.225 e. The molecule has 6 nitrogen and oxygen atoms in total. The summed E-state index contributed by atoms with van der Waals surface area (Å²) in [6, 6.07) is 0. The summed E-state index contributed by atoms with van der Waals surface area (Å²) in [5.74, 6) is 0.320. The summed E-state index contributed by atoms with van der Waals surface area (Å²) in [6.07, 6.45) is 3.81. The Morgan fingerprint density at radius 2 is 2.11 bits per heavy atom. The predicted molar refractivity (Wildman–Crippen MR) is 72.1 cm³/mol. The van der Waals surface area contributed by atoms with Crippen LogP contribution in [0.5, 0.6) is 0 Å². The van der Waals surface area contributed by atoms with Gasteiger partial charge in [-0.05, 0) is 13.3 Å². The number of nitrogens with two attached hydrogens (primary N) is 2. The minimum atomic E-state index is -0.537. The van der Waals surface area contributed by atoms with Crippen LogP contribution in [0, 0.1) is 5.41 Å². The van der Waals surface area contributed by atoms with Gasteiger partial charge in [0.05, 0.1) is 5.41 Å². The molecule has 4 N–H and O–H groups in total. The van der Waals surface area contributed by atoms with Crippen LogP contribution in [0.1, 0.15) is 19.0 Å². The number of thiocarbonyl (C=S) groups is 1. The minimum absolute atomic E-state index is 0.200. The number of carbonyl (C=O) groups is 1. The van der Waals surface area contributed by atoms with Gasteiger partial charge < -0.3 is 16.4 Å². The molecule has 0 aliphatic carbocycles. The number of hydrogen-bond donors (Lipinski definition) is 2.